The predicted molar refractivity (Wildman–Crippen MR) is 156 cm³/mol. The van der Waals surface area contributed by atoms with Gasteiger partial charge in [-0.25, -0.2) is 13.8 Å². The van der Waals surface area contributed by atoms with Crippen LogP contribution in [0.3, 0.4) is 0 Å². The number of carbonyl (C=O) groups is 1. The average Bonchev–Trinajstić information content (AvgIpc) is 3.24. The Morgan fingerprint density at radius 2 is 1.65 bits per heavy atom. The zero-order chi connectivity index (χ0) is 28.9. The van der Waals surface area contributed by atoms with E-state index >= 15 is 0 Å². The van der Waals surface area contributed by atoms with Gasteiger partial charge in [-0.3, -0.25) is 9.10 Å². The summed E-state index contributed by atoms with van der Waals surface area (Å²) in [6.45, 7) is 5.51. The summed E-state index contributed by atoms with van der Waals surface area (Å²) in [6, 6.07) is 22.7. The third kappa shape index (κ3) is 5.86. The van der Waals surface area contributed by atoms with E-state index in [1.165, 1.54) is 32.4 Å². The van der Waals surface area contributed by atoms with Crippen LogP contribution >= 0.6 is 0 Å². The van der Waals surface area contributed by atoms with Crippen molar-refractivity contribution in [3.8, 4) is 17.2 Å². The highest BCUT2D eigenvalue weighted by Gasteiger charge is 2.29. The molecule has 0 saturated heterocycles. The Hall–Kier alpha value is -4.57. The van der Waals surface area contributed by atoms with Crippen LogP contribution in [0.15, 0.2) is 88.9 Å². The van der Waals surface area contributed by atoms with E-state index in [0.29, 0.717) is 5.75 Å². The lowest BCUT2D eigenvalue weighted by Crippen LogP contribution is -2.39. The molecule has 0 atom stereocenters. The van der Waals surface area contributed by atoms with Crippen LogP contribution in [0.25, 0.3) is 5.69 Å². The summed E-state index contributed by atoms with van der Waals surface area (Å²) in [6.07, 6.45) is 1.55. The zero-order valence-electron chi connectivity index (χ0n) is 23.1. The Morgan fingerprint density at radius 1 is 0.950 bits per heavy atom. The molecule has 1 aromatic heterocycles. The maximum absolute atomic E-state index is 13.7. The molecule has 0 radical (unpaired) electrons. The number of amides is 1. The second-order valence-electron chi connectivity index (χ2n) is 9.10. The monoisotopic (exact) mass is 560 g/mol. The molecule has 0 spiro atoms. The van der Waals surface area contributed by atoms with Gasteiger partial charge in [-0.2, -0.15) is 5.10 Å². The number of methoxy groups -OCH3 is 2. The van der Waals surface area contributed by atoms with E-state index in [1.54, 1.807) is 36.5 Å². The van der Waals surface area contributed by atoms with Crippen LogP contribution in [-0.4, -0.2) is 45.9 Å². The van der Waals surface area contributed by atoms with Crippen LogP contribution in [0.2, 0.25) is 0 Å². The molecule has 4 aromatic rings. The Kier molecular flexibility index (Phi) is 8.59. The molecule has 4 rings (SSSR count). The van der Waals surface area contributed by atoms with Crippen molar-refractivity contribution in [2.24, 2.45) is 5.10 Å². The van der Waals surface area contributed by atoms with Gasteiger partial charge in [0.15, 0.2) is 0 Å². The fraction of sp³-hybridized carbons (Fsp3) is 0.200. The number of nitrogens with one attached hydrogen (secondary N) is 1. The SMILES string of the molecule is COc1ccc(N(CC(=O)N/N=C\c2cc(C)n(-c3ccccc3C)c2C)S(=O)(=O)c2ccccc2)c(OC)c1. The number of hydrogen-bond donors (Lipinski definition) is 1. The Balaban J connectivity index is 1.60. The maximum atomic E-state index is 13.7. The summed E-state index contributed by atoms with van der Waals surface area (Å²) in [5.74, 6) is 0.0927. The van der Waals surface area contributed by atoms with Crippen molar-refractivity contribution >= 4 is 27.8 Å². The van der Waals surface area contributed by atoms with Gasteiger partial charge in [0, 0.05) is 28.7 Å². The fourth-order valence-corrected chi connectivity index (χ4v) is 5.91. The molecule has 0 bridgehead atoms. The molecule has 0 unspecified atom stereocenters. The summed E-state index contributed by atoms with van der Waals surface area (Å²) >= 11 is 0. The van der Waals surface area contributed by atoms with E-state index < -0.39 is 22.5 Å². The summed E-state index contributed by atoms with van der Waals surface area (Å²) in [4.78, 5) is 13.1. The quantitative estimate of drug-likeness (QED) is 0.223. The number of aromatic nitrogens is 1. The number of benzene rings is 3. The first-order chi connectivity index (χ1) is 19.2. The third-order valence-corrected chi connectivity index (χ3v) is 8.27. The molecule has 0 aliphatic carbocycles. The second-order valence-corrected chi connectivity index (χ2v) is 11.0. The summed E-state index contributed by atoms with van der Waals surface area (Å²) in [7, 11) is -1.21. The number of sulfonamides is 1. The lowest BCUT2D eigenvalue weighted by atomic mass is 10.2. The van der Waals surface area contributed by atoms with E-state index in [4.69, 9.17) is 9.47 Å². The van der Waals surface area contributed by atoms with E-state index in [9.17, 15) is 13.2 Å². The first-order valence-electron chi connectivity index (χ1n) is 12.5. The molecule has 0 aliphatic heterocycles. The lowest BCUT2D eigenvalue weighted by Gasteiger charge is -2.25. The first-order valence-corrected chi connectivity index (χ1v) is 14.0. The van der Waals surface area contributed by atoms with Crippen molar-refractivity contribution in [1.29, 1.82) is 0 Å². The summed E-state index contributed by atoms with van der Waals surface area (Å²) < 4.78 is 41.1. The number of hydrazone groups is 1. The Bertz CT molecular complexity index is 1650. The molecule has 9 nitrogen and oxygen atoms in total. The number of carbonyl (C=O) groups excluding carboxylic acids is 1. The summed E-state index contributed by atoms with van der Waals surface area (Å²) in [5, 5.41) is 4.13. The molecular formula is C30H32N4O5S. The maximum Gasteiger partial charge on any atom is 0.264 e. The van der Waals surface area contributed by atoms with Crippen molar-refractivity contribution in [2.45, 2.75) is 25.7 Å². The molecule has 0 saturated carbocycles. The van der Waals surface area contributed by atoms with Crippen LogP contribution in [0.1, 0.15) is 22.5 Å². The van der Waals surface area contributed by atoms with Crippen molar-refractivity contribution in [1.82, 2.24) is 9.99 Å². The van der Waals surface area contributed by atoms with Gasteiger partial charge in [-0.1, -0.05) is 36.4 Å². The second kappa shape index (κ2) is 12.1. The normalized spacial score (nSPS) is 11.4. The molecule has 1 amide bonds. The van der Waals surface area contributed by atoms with Gasteiger partial charge in [0.05, 0.1) is 31.0 Å². The van der Waals surface area contributed by atoms with Gasteiger partial charge in [0.25, 0.3) is 15.9 Å². The zero-order valence-corrected chi connectivity index (χ0v) is 23.9. The molecule has 3 aromatic carbocycles. The van der Waals surface area contributed by atoms with Crippen LogP contribution in [0.5, 0.6) is 11.5 Å². The van der Waals surface area contributed by atoms with Gasteiger partial charge in [-0.05, 0) is 62.7 Å². The van der Waals surface area contributed by atoms with Crippen molar-refractivity contribution in [3.05, 3.63) is 101 Å². The highest BCUT2D eigenvalue weighted by Crippen LogP contribution is 2.35. The largest absolute Gasteiger partial charge is 0.497 e. The fourth-order valence-electron chi connectivity index (χ4n) is 4.45. The lowest BCUT2D eigenvalue weighted by molar-refractivity contribution is -0.119. The Labute approximate surface area is 234 Å². The minimum Gasteiger partial charge on any atom is -0.497 e. The van der Waals surface area contributed by atoms with Gasteiger partial charge >= 0.3 is 0 Å². The third-order valence-electron chi connectivity index (χ3n) is 6.49. The number of aryl methyl sites for hydroxylation is 2. The minimum absolute atomic E-state index is 0.0350. The van der Waals surface area contributed by atoms with Crippen molar-refractivity contribution < 1.29 is 22.7 Å². The standard InChI is InChI=1S/C30H32N4O5S/c1-21-11-9-10-14-27(21)34-22(2)17-24(23(34)3)19-31-32-30(35)20-33(40(36,37)26-12-7-6-8-13-26)28-16-15-25(38-4)18-29(28)39-5/h6-19H,20H2,1-5H3,(H,32,35)/b31-19-. The van der Waals surface area contributed by atoms with E-state index in [2.05, 4.69) is 28.1 Å². The highest BCUT2D eigenvalue weighted by molar-refractivity contribution is 7.92. The Morgan fingerprint density at radius 3 is 2.33 bits per heavy atom. The van der Waals surface area contributed by atoms with E-state index in [-0.39, 0.29) is 16.3 Å². The van der Waals surface area contributed by atoms with E-state index in [1.807, 2.05) is 38.1 Å². The van der Waals surface area contributed by atoms with Gasteiger partial charge in [0.1, 0.15) is 18.0 Å². The number of ether oxygens (including phenoxy) is 2. The number of hydrogen-bond acceptors (Lipinski definition) is 6. The molecule has 10 heteroatoms. The van der Waals surface area contributed by atoms with Gasteiger partial charge in [-0.15, -0.1) is 0 Å². The molecule has 0 aliphatic rings. The molecular weight excluding hydrogens is 528 g/mol. The van der Waals surface area contributed by atoms with Gasteiger partial charge in [0.2, 0.25) is 0 Å². The first kappa shape index (κ1) is 28.4. The van der Waals surface area contributed by atoms with Gasteiger partial charge < -0.3 is 14.0 Å². The number of rotatable bonds is 10. The molecule has 40 heavy (non-hydrogen) atoms. The molecule has 208 valence electrons. The highest BCUT2D eigenvalue weighted by atomic mass is 32.2. The smallest absolute Gasteiger partial charge is 0.264 e. The molecule has 0 fully saturated rings. The number of anilines is 1. The van der Waals surface area contributed by atoms with Crippen LogP contribution in [0, 0.1) is 20.8 Å². The topological polar surface area (TPSA) is 102 Å². The molecule has 1 N–H and O–H groups in total. The van der Waals surface area contributed by atoms with Crippen LogP contribution < -0.4 is 19.2 Å². The predicted octanol–water partition coefficient (Wildman–Crippen LogP) is 4.77. The molecule has 1 heterocycles. The van der Waals surface area contributed by atoms with Crippen LogP contribution in [-0.2, 0) is 14.8 Å². The minimum atomic E-state index is -4.13. The average molecular weight is 561 g/mol. The number of para-hydroxylation sites is 1. The van der Waals surface area contributed by atoms with Crippen molar-refractivity contribution in [2.75, 3.05) is 25.1 Å². The van der Waals surface area contributed by atoms with E-state index in [0.717, 1.165) is 32.5 Å². The van der Waals surface area contributed by atoms with Crippen molar-refractivity contribution in [3.63, 3.8) is 0 Å². The summed E-state index contributed by atoms with van der Waals surface area (Å²) in [5.41, 5.74) is 7.66. The number of nitrogens with zero attached hydrogens (tertiary/aromatic N) is 3. The van der Waals surface area contributed by atoms with Crippen LogP contribution in [0.4, 0.5) is 5.69 Å².